The van der Waals surface area contributed by atoms with Crippen LogP contribution in [0.2, 0.25) is 5.02 Å². The number of rotatable bonds is 5. The van der Waals surface area contributed by atoms with Crippen molar-refractivity contribution in [3.05, 3.63) is 76.6 Å². The Kier molecular flexibility index (Phi) is 6.76. The van der Waals surface area contributed by atoms with E-state index in [1.165, 1.54) is 12.1 Å². The average molecular weight is 477 g/mol. The molecule has 0 bridgehead atoms. The van der Waals surface area contributed by atoms with Crippen LogP contribution in [0.5, 0.6) is 0 Å². The van der Waals surface area contributed by atoms with Crippen molar-refractivity contribution in [3.63, 3.8) is 0 Å². The van der Waals surface area contributed by atoms with Crippen molar-refractivity contribution in [1.82, 2.24) is 20.4 Å². The minimum Gasteiger partial charge on any atom is -0.344 e. The minimum absolute atomic E-state index is 0.0449. The van der Waals surface area contributed by atoms with Gasteiger partial charge in [-0.1, -0.05) is 48.4 Å². The van der Waals surface area contributed by atoms with Crippen LogP contribution in [0.25, 0.3) is 11.1 Å². The molecular formula is C24H24ClF3N4O. The highest BCUT2D eigenvalue weighted by Gasteiger charge is 2.35. The number of carbonyl (C=O) groups excluding carboxylic acids is 1. The number of aryl methyl sites for hydroxylation is 1. The Balaban J connectivity index is 1.62. The molecule has 0 aliphatic carbocycles. The monoisotopic (exact) mass is 476 g/mol. The van der Waals surface area contributed by atoms with E-state index in [1.54, 1.807) is 10.9 Å². The molecule has 0 radical (unpaired) electrons. The molecule has 1 fully saturated rings. The summed E-state index contributed by atoms with van der Waals surface area (Å²) in [5.74, 6) is -0.639. The molecule has 0 saturated carbocycles. The topological polar surface area (TPSA) is 59.0 Å². The Morgan fingerprint density at radius 3 is 2.55 bits per heavy atom. The molecule has 4 rings (SSSR count). The van der Waals surface area contributed by atoms with Gasteiger partial charge in [0.05, 0.1) is 28.4 Å². The molecule has 2 aromatic carbocycles. The van der Waals surface area contributed by atoms with Crippen LogP contribution in [-0.2, 0) is 13.2 Å². The molecule has 1 aliphatic heterocycles. The van der Waals surface area contributed by atoms with Gasteiger partial charge in [0, 0.05) is 24.8 Å². The second-order valence-corrected chi connectivity index (χ2v) is 8.58. The van der Waals surface area contributed by atoms with Gasteiger partial charge in [0.1, 0.15) is 0 Å². The summed E-state index contributed by atoms with van der Waals surface area (Å²) in [5.41, 5.74) is 1.59. The van der Waals surface area contributed by atoms with Crippen molar-refractivity contribution in [2.24, 2.45) is 7.05 Å². The van der Waals surface area contributed by atoms with Gasteiger partial charge in [-0.2, -0.15) is 18.3 Å². The number of piperidine rings is 1. The number of aromatic nitrogens is 2. The summed E-state index contributed by atoms with van der Waals surface area (Å²) in [7, 11) is 1.84. The molecule has 33 heavy (non-hydrogen) atoms. The molecule has 0 spiro atoms. The fourth-order valence-corrected chi connectivity index (χ4v) is 4.50. The van der Waals surface area contributed by atoms with Crippen molar-refractivity contribution < 1.29 is 18.0 Å². The van der Waals surface area contributed by atoms with Crippen molar-refractivity contribution >= 4 is 17.5 Å². The highest BCUT2D eigenvalue weighted by molar-refractivity contribution is 6.34. The van der Waals surface area contributed by atoms with Gasteiger partial charge in [-0.15, -0.1) is 0 Å². The highest BCUT2D eigenvalue weighted by atomic mass is 35.5. The van der Waals surface area contributed by atoms with Crippen LogP contribution in [-0.4, -0.2) is 28.3 Å². The van der Waals surface area contributed by atoms with E-state index >= 15 is 0 Å². The van der Waals surface area contributed by atoms with Crippen LogP contribution in [0.3, 0.4) is 0 Å². The van der Waals surface area contributed by atoms with Gasteiger partial charge in [0.25, 0.3) is 5.91 Å². The summed E-state index contributed by atoms with van der Waals surface area (Å²) >= 11 is 5.99. The van der Waals surface area contributed by atoms with Gasteiger partial charge in [0.2, 0.25) is 0 Å². The first-order valence-electron chi connectivity index (χ1n) is 10.7. The fourth-order valence-electron chi connectivity index (χ4n) is 4.18. The Morgan fingerprint density at radius 2 is 1.94 bits per heavy atom. The lowest BCUT2D eigenvalue weighted by atomic mass is 9.91. The zero-order valence-corrected chi connectivity index (χ0v) is 18.7. The first-order valence-corrected chi connectivity index (χ1v) is 11.1. The second-order valence-electron chi connectivity index (χ2n) is 8.20. The number of carbonyl (C=O) groups is 1. The number of halogens is 4. The van der Waals surface area contributed by atoms with Gasteiger partial charge in [0.15, 0.2) is 0 Å². The number of hydrogen-bond acceptors (Lipinski definition) is 3. The fraction of sp³-hybridized carbons (Fsp3) is 0.333. The maximum absolute atomic E-state index is 13.3. The van der Waals surface area contributed by atoms with E-state index in [1.807, 2.05) is 37.5 Å². The molecule has 2 N–H and O–H groups in total. The van der Waals surface area contributed by atoms with Gasteiger partial charge >= 0.3 is 6.18 Å². The first kappa shape index (κ1) is 23.3. The average Bonchev–Trinajstić information content (AvgIpc) is 3.23. The summed E-state index contributed by atoms with van der Waals surface area (Å²) in [4.78, 5) is 13.1. The third-order valence-electron chi connectivity index (χ3n) is 5.89. The largest absolute Gasteiger partial charge is 0.417 e. The zero-order chi connectivity index (χ0) is 23.6. The van der Waals surface area contributed by atoms with Crippen molar-refractivity contribution in [2.45, 2.75) is 37.5 Å². The molecule has 1 saturated heterocycles. The smallest absolute Gasteiger partial charge is 0.344 e. The summed E-state index contributed by atoms with van der Waals surface area (Å²) in [6.45, 7) is 0.815. The molecule has 3 aromatic rings. The van der Waals surface area contributed by atoms with E-state index < -0.39 is 28.7 Å². The molecule has 1 aromatic heterocycles. The number of nitrogens with one attached hydrogen (secondary N) is 2. The molecule has 1 unspecified atom stereocenters. The van der Waals surface area contributed by atoms with E-state index in [4.69, 9.17) is 11.6 Å². The van der Waals surface area contributed by atoms with E-state index in [-0.39, 0.29) is 11.6 Å². The van der Waals surface area contributed by atoms with Crippen molar-refractivity contribution in [3.8, 4) is 11.1 Å². The lowest BCUT2D eigenvalue weighted by Crippen LogP contribution is -2.46. The lowest BCUT2D eigenvalue weighted by Gasteiger charge is -2.32. The Bertz CT molecular complexity index is 1120. The summed E-state index contributed by atoms with van der Waals surface area (Å²) in [5, 5.41) is 9.96. The summed E-state index contributed by atoms with van der Waals surface area (Å²) in [6.07, 6.45) is 1.92. The number of alkyl halides is 3. The van der Waals surface area contributed by atoms with Gasteiger partial charge in [-0.05, 0) is 42.6 Å². The number of benzene rings is 2. The molecule has 5 nitrogen and oxygen atoms in total. The maximum atomic E-state index is 13.3. The Hall–Kier alpha value is -2.84. The summed E-state index contributed by atoms with van der Waals surface area (Å²) < 4.78 is 41.5. The van der Waals surface area contributed by atoms with Crippen LogP contribution in [0.15, 0.2) is 54.9 Å². The third kappa shape index (κ3) is 5.23. The summed E-state index contributed by atoms with van der Waals surface area (Å²) in [6, 6.07) is 10.7. The molecule has 174 valence electrons. The zero-order valence-electron chi connectivity index (χ0n) is 18.0. The lowest BCUT2D eigenvalue weighted by molar-refractivity contribution is -0.137. The molecule has 9 heteroatoms. The highest BCUT2D eigenvalue weighted by Crippen LogP contribution is 2.36. The van der Waals surface area contributed by atoms with E-state index in [2.05, 4.69) is 15.7 Å². The molecule has 1 aliphatic rings. The van der Waals surface area contributed by atoms with Gasteiger partial charge < -0.3 is 10.6 Å². The third-order valence-corrected chi connectivity index (χ3v) is 6.30. The number of amides is 1. The van der Waals surface area contributed by atoms with Crippen LogP contribution in [0.1, 0.15) is 46.8 Å². The Labute approximate surface area is 194 Å². The molecular weight excluding hydrogens is 453 g/mol. The van der Waals surface area contributed by atoms with Crippen LogP contribution in [0.4, 0.5) is 13.2 Å². The predicted octanol–water partition coefficient (Wildman–Crippen LogP) is 5.37. The minimum atomic E-state index is -4.64. The predicted molar refractivity (Wildman–Crippen MR) is 121 cm³/mol. The SMILES string of the molecule is Cn1cc(-c2ccc(C(NC(=O)c3cccc(C(F)(F)F)c3Cl)[C@@H]3CCCCN3)cc2)cn1. The van der Waals surface area contributed by atoms with Crippen LogP contribution >= 0.6 is 11.6 Å². The second kappa shape index (κ2) is 9.57. The molecule has 1 amide bonds. The quantitative estimate of drug-likeness (QED) is 0.520. The van der Waals surface area contributed by atoms with E-state index in [0.717, 1.165) is 48.6 Å². The van der Waals surface area contributed by atoms with Crippen LogP contribution < -0.4 is 10.6 Å². The maximum Gasteiger partial charge on any atom is 0.417 e. The van der Waals surface area contributed by atoms with E-state index in [9.17, 15) is 18.0 Å². The number of nitrogens with zero attached hydrogens (tertiary/aromatic N) is 2. The number of hydrogen-bond donors (Lipinski definition) is 2. The van der Waals surface area contributed by atoms with Crippen molar-refractivity contribution in [1.29, 1.82) is 0 Å². The molecule has 2 heterocycles. The normalized spacial score (nSPS) is 17.5. The Morgan fingerprint density at radius 1 is 1.18 bits per heavy atom. The first-order chi connectivity index (χ1) is 15.7. The molecule has 2 atom stereocenters. The van der Waals surface area contributed by atoms with Crippen LogP contribution in [0, 0.1) is 0 Å². The van der Waals surface area contributed by atoms with Gasteiger partial charge in [-0.3, -0.25) is 9.48 Å². The standard InChI is InChI=1S/C24H24ClF3N4O/c1-32-14-17(13-30-32)15-8-10-16(11-9-15)22(20-7-2-3-12-29-20)31-23(33)18-5-4-6-19(21(18)25)24(26,27)28/h4-6,8-11,13-14,20,22,29H,2-3,7,12H2,1H3,(H,31,33)/t20-,22?/m0/s1. The van der Waals surface area contributed by atoms with E-state index in [0.29, 0.717) is 0 Å². The van der Waals surface area contributed by atoms with Gasteiger partial charge in [-0.25, -0.2) is 0 Å². The van der Waals surface area contributed by atoms with Crippen molar-refractivity contribution in [2.75, 3.05) is 6.54 Å².